The van der Waals surface area contributed by atoms with E-state index < -0.39 is 5.91 Å². The van der Waals surface area contributed by atoms with Gasteiger partial charge in [-0.25, -0.2) is 15.4 Å². The van der Waals surface area contributed by atoms with Gasteiger partial charge in [-0.1, -0.05) is 30.3 Å². The molecule has 2 heterocycles. The van der Waals surface area contributed by atoms with E-state index in [-0.39, 0.29) is 18.8 Å². The molecule has 0 spiro atoms. The number of amidine groups is 1. The Morgan fingerprint density at radius 2 is 2.00 bits per heavy atom. The van der Waals surface area contributed by atoms with Gasteiger partial charge in [0.2, 0.25) is 11.9 Å². The number of hydrogen-bond acceptors (Lipinski definition) is 9. The quantitative estimate of drug-likeness (QED) is 0.309. The van der Waals surface area contributed by atoms with Crippen LogP contribution in [0.2, 0.25) is 0 Å². The fourth-order valence-corrected chi connectivity index (χ4v) is 3.58. The summed E-state index contributed by atoms with van der Waals surface area (Å²) in [6.07, 6.45) is 1.30. The molecule has 0 radical (unpaired) electrons. The van der Waals surface area contributed by atoms with Crippen molar-refractivity contribution < 1.29 is 9.90 Å². The van der Waals surface area contributed by atoms with E-state index >= 15 is 0 Å². The van der Waals surface area contributed by atoms with Crippen LogP contribution in [-0.2, 0) is 0 Å². The van der Waals surface area contributed by atoms with Crippen LogP contribution in [0.5, 0.6) is 0 Å². The van der Waals surface area contributed by atoms with E-state index in [0.717, 1.165) is 22.5 Å². The van der Waals surface area contributed by atoms with Crippen LogP contribution >= 0.6 is 0 Å². The first-order chi connectivity index (χ1) is 15.9. The molecule has 0 saturated heterocycles. The molecule has 33 heavy (non-hydrogen) atoms. The highest BCUT2D eigenvalue weighted by Crippen LogP contribution is 2.28. The number of benzene rings is 2. The second-order valence-electron chi connectivity index (χ2n) is 7.69. The van der Waals surface area contributed by atoms with Crippen molar-refractivity contribution in [3.8, 4) is 0 Å². The summed E-state index contributed by atoms with van der Waals surface area (Å²) in [6, 6.07) is 14.5. The SMILES string of the molecule is CC1=NC(c2cnc(Nc3ccc(C(N)=O)c(C)c3)nc2N[C@H](CO)c2ccccc2)NN1. The zero-order chi connectivity index (χ0) is 23.4. The Kier molecular flexibility index (Phi) is 6.48. The number of hydrazine groups is 1. The molecule has 0 saturated carbocycles. The van der Waals surface area contributed by atoms with Gasteiger partial charge in [-0.05, 0) is 43.2 Å². The second-order valence-corrected chi connectivity index (χ2v) is 7.69. The van der Waals surface area contributed by atoms with Gasteiger partial charge in [-0.15, -0.1) is 0 Å². The van der Waals surface area contributed by atoms with Crippen LogP contribution in [0.4, 0.5) is 17.5 Å². The van der Waals surface area contributed by atoms with Crippen LogP contribution in [-0.4, -0.2) is 33.4 Å². The van der Waals surface area contributed by atoms with E-state index in [2.05, 4.69) is 36.4 Å². The van der Waals surface area contributed by atoms with E-state index in [4.69, 9.17) is 5.73 Å². The summed E-state index contributed by atoms with van der Waals surface area (Å²) in [7, 11) is 0. The maximum absolute atomic E-state index is 11.5. The Balaban J connectivity index is 1.66. The molecule has 10 nitrogen and oxygen atoms in total. The monoisotopic (exact) mass is 446 g/mol. The molecule has 1 aliphatic rings. The minimum atomic E-state index is -0.476. The first kappa shape index (κ1) is 22.2. The highest BCUT2D eigenvalue weighted by atomic mass is 16.3. The lowest BCUT2D eigenvalue weighted by Crippen LogP contribution is -2.30. The molecule has 3 aromatic rings. The number of amides is 1. The van der Waals surface area contributed by atoms with Crippen LogP contribution in [0.25, 0.3) is 0 Å². The van der Waals surface area contributed by atoms with E-state index in [0.29, 0.717) is 23.0 Å². The predicted molar refractivity (Wildman–Crippen MR) is 127 cm³/mol. The van der Waals surface area contributed by atoms with Crippen molar-refractivity contribution in [2.75, 3.05) is 17.2 Å². The average molecular weight is 447 g/mol. The Labute approximate surface area is 191 Å². The van der Waals surface area contributed by atoms with Crippen LogP contribution in [0.15, 0.2) is 59.7 Å². The number of aliphatic imine (C=N–C) groups is 1. The van der Waals surface area contributed by atoms with Gasteiger partial charge in [0, 0.05) is 17.4 Å². The molecule has 0 fully saturated rings. The number of nitrogens with zero attached hydrogens (tertiary/aromatic N) is 3. The van der Waals surface area contributed by atoms with Crippen molar-refractivity contribution in [3.63, 3.8) is 0 Å². The number of carbonyl (C=O) groups is 1. The number of hydrogen-bond donors (Lipinski definition) is 6. The fourth-order valence-electron chi connectivity index (χ4n) is 3.58. The molecule has 1 aliphatic heterocycles. The largest absolute Gasteiger partial charge is 0.394 e. The minimum Gasteiger partial charge on any atom is -0.394 e. The predicted octanol–water partition coefficient (Wildman–Crippen LogP) is 2.30. The number of nitrogens with two attached hydrogens (primary N) is 1. The van der Waals surface area contributed by atoms with Crippen molar-refractivity contribution in [2.24, 2.45) is 10.7 Å². The van der Waals surface area contributed by atoms with Crippen LogP contribution in [0, 0.1) is 6.92 Å². The van der Waals surface area contributed by atoms with Crippen molar-refractivity contribution in [1.29, 1.82) is 0 Å². The molecule has 10 heteroatoms. The number of rotatable bonds is 8. The van der Waals surface area contributed by atoms with Gasteiger partial charge < -0.3 is 26.9 Å². The highest BCUT2D eigenvalue weighted by molar-refractivity contribution is 5.94. The highest BCUT2D eigenvalue weighted by Gasteiger charge is 2.23. The van der Waals surface area contributed by atoms with E-state index in [1.165, 1.54) is 0 Å². The summed E-state index contributed by atoms with van der Waals surface area (Å²) in [4.78, 5) is 25.1. The van der Waals surface area contributed by atoms with Crippen LogP contribution < -0.4 is 27.2 Å². The topological polar surface area (TPSA) is 150 Å². The summed E-state index contributed by atoms with van der Waals surface area (Å²) in [5, 5.41) is 16.5. The number of nitrogens with one attached hydrogen (secondary N) is 4. The second kappa shape index (κ2) is 9.63. The smallest absolute Gasteiger partial charge is 0.248 e. The number of aromatic nitrogens is 2. The van der Waals surface area contributed by atoms with Crippen LogP contribution in [0.3, 0.4) is 0 Å². The van der Waals surface area contributed by atoms with E-state index in [1.807, 2.05) is 44.2 Å². The Bertz CT molecular complexity index is 1180. The number of aliphatic hydroxyl groups excluding tert-OH is 1. The molecule has 170 valence electrons. The fraction of sp³-hybridized carbons (Fsp3) is 0.217. The van der Waals surface area contributed by atoms with Crippen molar-refractivity contribution in [3.05, 3.63) is 77.0 Å². The normalized spacial score (nSPS) is 16.0. The first-order valence-electron chi connectivity index (χ1n) is 10.5. The van der Waals surface area contributed by atoms with Gasteiger partial charge in [-0.3, -0.25) is 4.79 Å². The lowest BCUT2D eigenvalue weighted by atomic mass is 10.1. The molecule has 1 unspecified atom stereocenters. The summed E-state index contributed by atoms with van der Waals surface area (Å²) in [5.41, 5.74) is 15.0. The molecule has 2 aromatic carbocycles. The lowest BCUT2D eigenvalue weighted by Gasteiger charge is -2.21. The molecule has 0 aliphatic carbocycles. The Morgan fingerprint density at radius 3 is 2.64 bits per heavy atom. The van der Waals surface area contributed by atoms with Crippen LogP contribution in [0.1, 0.15) is 46.2 Å². The zero-order valence-electron chi connectivity index (χ0n) is 18.3. The van der Waals surface area contributed by atoms with E-state index in [1.54, 1.807) is 24.4 Å². The van der Waals surface area contributed by atoms with Gasteiger partial charge >= 0.3 is 0 Å². The maximum atomic E-state index is 11.5. The number of carbonyl (C=O) groups excluding carboxylic acids is 1. The van der Waals surface area contributed by atoms with Gasteiger partial charge in [0.25, 0.3) is 0 Å². The molecule has 1 aromatic heterocycles. The third-order valence-electron chi connectivity index (χ3n) is 5.27. The average Bonchev–Trinajstić information content (AvgIpc) is 3.24. The molecule has 4 rings (SSSR count). The van der Waals surface area contributed by atoms with Crippen molar-refractivity contribution >= 4 is 29.2 Å². The number of primary amides is 1. The summed E-state index contributed by atoms with van der Waals surface area (Å²) < 4.78 is 0. The van der Waals surface area contributed by atoms with Gasteiger partial charge in [0.05, 0.1) is 18.2 Å². The van der Waals surface area contributed by atoms with E-state index in [9.17, 15) is 9.90 Å². The summed E-state index contributed by atoms with van der Waals surface area (Å²) >= 11 is 0. The molecule has 0 bridgehead atoms. The molecular formula is C23H26N8O2. The minimum absolute atomic E-state index is 0.122. The molecule has 7 N–H and O–H groups in total. The molecule has 1 amide bonds. The molecule has 2 atom stereocenters. The lowest BCUT2D eigenvalue weighted by molar-refractivity contribution is 0.0999. The first-order valence-corrected chi connectivity index (χ1v) is 10.5. The summed E-state index contributed by atoms with van der Waals surface area (Å²) in [6.45, 7) is 3.55. The van der Waals surface area contributed by atoms with Gasteiger partial charge in [0.15, 0.2) is 0 Å². The third kappa shape index (κ3) is 5.08. The van der Waals surface area contributed by atoms with Gasteiger partial charge in [-0.2, -0.15) is 4.98 Å². The van der Waals surface area contributed by atoms with Crippen molar-refractivity contribution in [2.45, 2.75) is 26.1 Å². The van der Waals surface area contributed by atoms with Gasteiger partial charge in [0.1, 0.15) is 17.8 Å². The zero-order valence-corrected chi connectivity index (χ0v) is 18.3. The standard InChI is InChI=1S/C23H26N8O2/c1-13-10-16(8-9-17(13)20(24)33)27-23-25-11-18(22-26-14(2)30-31-22)21(29-23)28-19(12-32)15-6-4-3-5-7-15/h3-11,19,22,31-32H,12H2,1-2H3,(H2,24,33)(H,26,30)(H2,25,27,28,29)/t19-,22?/m1/s1. The maximum Gasteiger partial charge on any atom is 0.248 e. The third-order valence-corrected chi connectivity index (χ3v) is 5.27. The number of aliphatic hydroxyl groups is 1. The molecular weight excluding hydrogens is 420 g/mol. The number of anilines is 3. The van der Waals surface area contributed by atoms with Crippen molar-refractivity contribution in [1.82, 2.24) is 20.8 Å². The Hall–Kier alpha value is -4.02. The summed E-state index contributed by atoms with van der Waals surface area (Å²) in [5.74, 6) is 1.15. The Morgan fingerprint density at radius 1 is 1.21 bits per heavy atom. The number of aryl methyl sites for hydroxylation is 1.